The second kappa shape index (κ2) is 2.92. The molecule has 2 heterocycles. The number of fused-ring (bicyclic) bond motifs is 1. The molecular formula is C9H10ClN3. The highest BCUT2D eigenvalue weighted by molar-refractivity contribution is 6.32. The molecule has 0 spiro atoms. The summed E-state index contributed by atoms with van der Waals surface area (Å²) in [6, 6.07) is 3.70. The number of pyridine rings is 1. The second-order valence-electron chi connectivity index (χ2n) is 2.89. The molecule has 0 saturated carbocycles. The number of hydrogen-bond donors (Lipinski definition) is 1. The Morgan fingerprint density at radius 1 is 1.54 bits per heavy atom. The fraction of sp³-hybridized carbons (Fsp3) is 0.222. The van der Waals surface area contributed by atoms with Gasteiger partial charge < -0.3 is 10.1 Å². The Labute approximate surface area is 81.1 Å². The van der Waals surface area contributed by atoms with Crippen LogP contribution in [0.25, 0.3) is 5.52 Å². The lowest BCUT2D eigenvalue weighted by Crippen LogP contribution is -1.94. The molecule has 2 rings (SSSR count). The van der Waals surface area contributed by atoms with E-state index in [1.807, 2.05) is 29.7 Å². The molecule has 2 N–H and O–H groups in total. The van der Waals surface area contributed by atoms with E-state index in [2.05, 4.69) is 4.98 Å². The molecule has 0 bridgehead atoms. The Morgan fingerprint density at radius 3 is 3.00 bits per heavy atom. The highest BCUT2D eigenvalue weighted by Crippen LogP contribution is 2.19. The summed E-state index contributed by atoms with van der Waals surface area (Å²) in [5.74, 6) is 0.937. The van der Waals surface area contributed by atoms with Gasteiger partial charge in [0.2, 0.25) is 0 Å². The van der Waals surface area contributed by atoms with Gasteiger partial charge in [-0.05, 0) is 12.1 Å². The molecule has 68 valence electrons. The van der Waals surface area contributed by atoms with Crippen LogP contribution in [0.3, 0.4) is 0 Å². The molecule has 0 fully saturated rings. The van der Waals surface area contributed by atoms with Crippen LogP contribution in [-0.2, 0) is 6.42 Å². The van der Waals surface area contributed by atoms with Gasteiger partial charge in [0.25, 0.3) is 0 Å². The van der Waals surface area contributed by atoms with Crippen molar-refractivity contribution in [2.75, 3.05) is 5.73 Å². The van der Waals surface area contributed by atoms with E-state index in [0.717, 1.165) is 23.4 Å². The number of nitrogens with two attached hydrogens (primary N) is 1. The topological polar surface area (TPSA) is 43.3 Å². The predicted molar refractivity (Wildman–Crippen MR) is 54.0 cm³/mol. The van der Waals surface area contributed by atoms with Crippen LogP contribution < -0.4 is 5.73 Å². The summed E-state index contributed by atoms with van der Waals surface area (Å²) in [6.45, 7) is 2.04. The Balaban J connectivity index is 2.81. The lowest BCUT2D eigenvalue weighted by atomic mass is 10.4. The van der Waals surface area contributed by atoms with Crippen LogP contribution in [0.15, 0.2) is 18.3 Å². The van der Waals surface area contributed by atoms with Gasteiger partial charge in [-0.2, -0.15) is 0 Å². The Bertz CT molecular complexity index is 447. The van der Waals surface area contributed by atoms with E-state index in [9.17, 15) is 0 Å². The van der Waals surface area contributed by atoms with Gasteiger partial charge in [-0.1, -0.05) is 18.5 Å². The fourth-order valence-corrected chi connectivity index (χ4v) is 1.62. The number of rotatable bonds is 1. The van der Waals surface area contributed by atoms with Crippen molar-refractivity contribution in [3.63, 3.8) is 0 Å². The molecule has 4 heteroatoms. The molecule has 0 aliphatic rings. The number of aromatic nitrogens is 2. The average molecular weight is 196 g/mol. The Hall–Kier alpha value is -1.22. The molecule has 13 heavy (non-hydrogen) atoms. The minimum Gasteiger partial charge on any atom is -0.398 e. The first kappa shape index (κ1) is 8.38. The van der Waals surface area contributed by atoms with E-state index in [1.54, 1.807) is 0 Å². The van der Waals surface area contributed by atoms with Crippen molar-refractivity contribution < 1.29 is 0 Å². The largest absolute Gasteiger partial charge is 0.398 e. The van der Waals surface area contributed by atoms with Crippen LogP contribution in [0.5, 0.6) is 0 Å². The van der Waals surface area contributed by atoms with Crippen LogP contribution >= 0.6 is 11.6 Å². The molecule has 0 aliphatic carbocycles. The lowest BCUT2D eigenvalue weighted by molar-refractivity contribution is 0.935. The van der Waals surface area contributed by atoms with Crippen LogP contribution in [0.4, 0.5) is 5.69 Å². The molecular weight excluding hydrogens is 186 g/mol. The van der Waals surface area contributed by atoms with Gasteiger partial charge in [0, 0.05) is 18.3 Å². The van der Waals surface area contributed by atoms with E-state index in [0.29, 0.717) is 5.15 Å². The zero-order chi connectivity index (χ0) is 9.42. The maximum absolute atomic E-state index is 5.94. The van der Waals surface area contributed by atoms with Gasteiger partial charge >= 0.3 is 0 Å². The highest BCUT2D eigenvalue weighted by atomic mass is 35.5. The smallest absolute Gasteiger partial charge is 0.155 e. The van der Waals surface area contributed by atoms with Gasteiger partial charge in [0.15, 0.2) is 5.15 Å². The highest BCUT2D eigenvalue weighted by Gasteiger charge is 2.06. The predicted octanol–water partition coefficient (Wildman–Crippen LogP) is 2.13. The quantitative estimate of drug-likeness (QED) is 0.758. The van der Waals surface area contributed by atoms with Crippen molar-refractivity contribution in [2.45, 2.75) is 13.3 Å². The molecule has 0 unspecified atom stereocenters. The maximum Gasteiger partial charge on any atom is 0.155 e. The molecule has 3 nitrogen and oxygen atoms in total. The second-order valence-corrected chi connectivity index (χ2v) is 3.25. The summed E-state index contributed by atoms with van der Waals surface area (Å²) in [5, 5.41) is 0.539. The van der Waals surface area contributed by atoms with Crippen molar-refractivity contribution in [1.29, 1.82) is 0 Å². The van der Waals surface area contributed by atoms with Gasteiger partial charge in [-0.25, -0.2) is 4.98 Å². The summed E-state index contributed by atoms with van der Waals surface area (Å²) in [5.41, 5.74) is 7.29. The third-order valence-electron chi connectivity index (χ3n) is 2.00. The zero-order valence-electron chi connectivity index (χ0n) is 7.29. The van der Waals surface area contributed by atoms with Crippen LogP contribution in [0, 0.1) is 0 Å². The van der Waals surface area contributed by atoms with E-state index >= 15 is 0 Å². The number of nitrogen functional groups attached to an aromatic ring is 1. The monoisotopic (exact) mass is 195 g/mol. The van der Waals surface area contributed by atoms with E-state index in [-0.39, 0.29) is 0 Å². The van der Waals surface area contributed by atoms with E-state index in [1.165, 1.54) is 0 Å². The summed E-state index contributed by atoms with van der Waals surface area (Å²) in [6.07, 6.45) is 2.68. The zero-order valence-corrected chi connectivity index (χ0v) is 8.04. The van der Waals surface area contributed by atoms with Crippen molar-refractivity contribution >= 4 is 22.8 Å². The summed E-state index contributed by atoms with van der Waals surface area (Å²) in [4.78, 5) is 4.22. The van der Waals surface area contributed by atoms with E-state index in [4.69, 9.17) is 17.3 Å². The molecule has 0 aromatic carbocycles. The molecule has 0 amide bonds. The molecule has 0 aliphatic heterocycles. The SMILES string of the molecule is CCc1nc(Cl)c2ccc(N)cn12. The van der Waals surface area contributed by atoms with Gasteiger partial charge in [0.05, 0.1) is 5.52 Å². The average Bonchev–Trinajstić information content (AvgIpc) is 2.42. The number of halogens is 1. The lowest BCUT2D eigenvalue weighted by Gasteiger charge is -1.98. The first-order valence-electron chi connectivity index (χ1n) is 4.14. The number of aryl methyl sites for hydroxylation is 1. The third-order valence-corrected chi connectivity index (χ3v) is 2.28. The number of anilines is 1. The number of nitrogens with zero attached hydrogens (tertiary/aromatic N) is 2. The molecule has 2 aromatic heterocycles. The molecule has 2 aromatic rings. The van der Waals surface area contributed by atoms with Gasteiger partial charge in [-0.15, -0.1) is 0 Å². The molecule has 0 radical (unpaired) electrons. The van der Waals surface area contributed by atoms with Crippen molar-refractivity contribution in [2.24, 2.45) is 0 Å². The van der Waals surface area contributed by atoms with Crippen LogP contribution in [-0.4, -0.2) is 9.38 Å². The number of hydrogen-bond acceptors (Lipinski definition) is 2. The first-order chi connectivity index (χ1) is 6.22. The maximum atomic E-state index is 5.94. The fourth-order valence-electron chi connectivity index (χ4n) is 1.37. The van der Waals surface area contributed by atoms with Crippen LogP contribution in [0.2, 0.25) is 5.15 Å². The minimum absolute atomic E-state index is 0.539. The minimum atomic E-state index is 0.539. The van der Waals surface area contributed by atoms with Crippen molar-refractivity contribution in [3.05, 3.63) is 29.3 Å². The molecule has 0 saturated heterocycles. The summed E-state index contributed by atoms with van der Waals surface area (Å²) < 4.78 is 1.93. The normalized spacial score (nSPS) is 10.9. The third kappa shape index (κ3) is 1.25. The van der Waals surface area contributed by atoms with Gasteiger partial charge in [0.1, 0.15) is 5.82 Å². The first-order valence-corrected chi connectivity index (χ1v) is 4.52. The summed E-state index contributed by atoms with van der Waals surface area (Å²) >= 11 is 5.94. The Kier molecular flexibility index (Phi) is 1.88. The van der Waals surface area contributed by atoms with Crippen molar-refractivity contribution in [3.8, 4) is 0 Å². The van der Waals surface area contributed by atoms with Gasteiger partial charge in [-0.3, -0.25) is 0 Å². The van der Waals surface area contributed by atoms with Crippen LogP contribution in [0.1, 0.15) is 12.7 Å². The molecule has 0 atom stereocenters. The standard InChI is InChI=1S/C9H10ClN3/c1-2-8-12-9(10)7-4-3-6(11)5-13(7)8/h3-5H,2,11H2,1H3. The van der Waals surface area contributed by atoms with E-state index < -0.39 is 0 Å². The van der Waals surface area contributed by atoms with Crippen molar-refractivity contribution in [1.82, 2.24) is 9.38 Å². The number of imidazole rings is 1. The Morgan fingerprint density at radius 2 is 2.31 bits per heavy atom. The summed E-state index contributed by atoms with van der Waals surface area (Å²) in [7, 11) is 0.